The molecule has 0 fully saturated rings. The molecule has 8 heteroatoms. The lowest BCUT2D eigenvalue weighted by molar-refractivity contribution is -0.142. The zero-order valence-electron chi connectivity index (χ0n) is 12.5. The normalized spacial score (nSPS) is 10.5. The third-order valence-electron chi connectivity index (χ3n) is 2.95. The van der Waals surface area contributed by atoms with Crippen LogP contribution < -0.4 is 4.90 Å². The molecule has 0 N–H and O–H groups in total. The number of hydrogen-bond acceptors (Lipinski definition) is 5. The van der Waals surface area contributed by atoms with Crippen LogP contribution in [-0.4, -0.2) is 35.1 Å². The average Bonchev–Trinajstić information content (AvgIpc) is 3.04. The molecule has 2 rings (SSSR count). The highest BCUT2D eigenvalue weighted by molar-refractivity contribution is 7.15. The maximum atomic E-state index is 12.4. The van der Waals surface area contributed by atoms with Crippen molar-refractivity contribution in [2.75, 3.05) is 18.6 Å². The Kier molecular flexibility index (Phi) is 5.20. The van der Waals surface area contributed by atoms with Crippen molar-refractivity contribution < 1.29 is 14.3 Å². The van der Waals surface area contributed by atoms with E-state index in [0.29, 0.717) is 22.5 Å². The van der Waals surface area contributed by atoms with Gasteiger partial charge in [0.2, 0.25) is 0 Å². The van der Waals surface area contributed by atoms with Crippen LogP contribution >= 0.6 is 22.9 Å². The van der Waals surface area contributed by atoms with E-state index in [1.807, 2.05) is 0 Å². The molecular formula is C14H16ClN3O3S. The van der Waals surface area contributed by atoms with Crippen LogP contribution in [0.25, 0.3) is 0 Å². The second-order valence-electron chi connectivity index (χ2n) is 4.61. The van der Waals surface area contributed by atoms with Crippen molar-refractivity contribution in [3.63, 3.8) is 0 Å². The molecule has 1 amide bonds. The molecule has 0 aliphatic carbocycles. The fourth-order valence-corrected chi connectivity index (χ4v) is 2.99. The summed E-state index contributed by atoms with van der Waals surface area (Å²) in [5.74, 6) is -0.521. The molecular weight excluding hydrogens is 326 g/mol. The first-order chi connectivity index (χ1) is 10.4. The Morgan fingerprint density at radius 2 is 2.23 bits per heavy atom. The minimum atomic E-state index is -0.305. The van der Waals surface area contributed by atoms with Crippen LogP contribution in [0.1, 0.15) is 22.3 Å². The molecule has 0 saturated carbocycles. The van der Waals surface area contributed by atoms with E-state index in [2.05, 4.69) is 4.98 Å². The van der Waals surface area contributed by atoms with Gasteiger partial charge in [0, 0.05) is 31.4 Å². The van der Waals surface area contributed by atoms with Gasteiger partial charge in [0.25, 0.3) is 5.91 Å². The van der Waals surface area contributed by atoms with Gasteiger partial charge in [-0.25, -0.2) is 4.98 Å². The van der Waals surface area contributed by atoms with Crippen molar-refractivity contribution in [2.24, 2.45) is 7.05 Å². The van der Waals surface area contributed by atoms with E-state index in [1.165, 1.54) is 16.2 Å². The molecule has 2 aromatic heterocycles. The maximum absolute atomic E-state index is 12.4. The number of esters is 1. The lowest BCUT2D eigenvalue weighted by Crippen LogP contribution is -2.27. The molecule has 0 aliphatic rings. The fraction of sp³-hybridized carbons (Fsp3) is 0.357. The highest BCUT2D eigenvalue weighted by atomic mass is 35.5. The number of anilines is 1. The molecule has 2 aromatic rings. The van der Waals surface area contributed by atoms with Gasteiger partial charge < -0.3 is 9.30 Å². The Morgan fingerprint density at radius 1 is 1.50 bits per heavy atom. The summed E-state index contributed by atoms with van der Waals surface area (Å²) in [7, 11) is 3.39. The molecule has 22 heavy (non-hydrogen) atoms. The number of carbonyl (C=O) groups is 2. The van der Waals surface area contributed by atoms with E-state index in [0.717, 1.165) is 4.88 Å². The third kappa shape index (κ3) is 3.66. The smallest absolute Gasteiger partial charge is 0.311 e. The summed E-state index contributed by atoms with van der Waals surface area (Å²) in [5.41, 5.74) is 0.467. The van der Waals surface area contributed by atoms with E-state index in [-0.39, 0.29) is 18.3 Å². The van der Waals surface area contributed by atoms with Crippen molar-refractivity contribution in [3.8, 4) is 0 Å². The highest BCUT2D eigenvalue weighted by Crippen LogP contribution is 2.24. The number of amides is 1. The van der Waals surface area contributed by atoms with Gasteiger partial charge in [-0.3, -0.25) is 14.5 Å². The predicted octanol–water partition coefficient (Wildman–Crippen LogP) is 2.52. The second-order valence-corrected chi connectivity index (χ2v) is 6.14. The minimum absolute atomic E-state index is 0.156. The van der Waals surface area contributed by atoms with E-state index in [1.54, 1.807) is 44.0 Å². The van der Waals surface area contributed by atoms with Crippen LogP contribution in [0.3, 0.4) is 0 Å². The van der Waals surface area contributed by atoms with Crippen LogP contribution in [-0.2, 0) is 23.0 Å². The summed E-state index contributed by atoms with van der Waals surface area (Å²) in [6.07, 6.45) is 3.40. The minimum Gasteiger partial charge on any atom is -0.466 e. The van der Waals surface area contributed by atoms with Gasteiger partial charge in [0.05, 0.1) is 18.1 Å². The SMILES string of the molecule is CCOC(=O)Cc1cnc(N(C)C(=O)c2cc(Cl)cn2C)s1. The van der Waals surface area contributed by atoms with Crippen molar-refractivity contribution in [1.29, 1.82) is 0 Å². The zero-order valence-corrected chi connectivity index (χ0v) is 14.1. The van der Waals surface area contributed by atoms with Crippen LogP contribution in [0.15, 0.2) is 18.5 Å². The molecule has 0 aromatic carbocycles. The number of aryl methyl sites for hydroxylation is 1. The topological polar surface area (TPSA) is 64.4 Å². The lowest BCUT2D eigenvalue weighted by atomic mass is 10.4. The molecule has 0 atom stereocenters. The number of aromatic nitrogens is 2. The molecule has 2 heterocycles. The molecule has 0 bridgehead atoms. The standard InChI is InChI=1S/C14H16ClN3O3S/c1-4-21-12(19)6-10-7-16-14(22-10)18(3)13(20)11-5-9(15)8-17(11)2/h5,7-8H,4,6H2,1-3H3. The highest BCUT2D eigenvalue weighted by Gasteiger charge is 2.20. The zero-order chi connectivity index (χ0) is 16.3. The summed E-state index contributed by atoms with van der Waals surface area (Å²) in [5, 5.41) is 1.02. The molecule has 0 aliphatic heterocycles. The first kappa shape index (κ1) is 16.5. The second kappa shape index (κ2) is 6.93. The van der Waals surface area contributed by atoms with Crippen molar-refractivity contribution in [3.05, 3.63) is 34.1 Å². The Morgan fingerprint density at radius 3 is 2.82 bits per heavy atom. The maximum Gasteiger partial charge on any atom is 0.311 e. The van der Waals surface area contributed by atoms with E-state index < -0.39 is 0 Å². The van der Waals surface area contributed by atoms with Gasteiger partial charge >= 0.3 is 5.97 Å². The Hall–Kier alpha value is -1.86. The molecule has 0 saturated heterocycles. The molecule has 118 valence electrons. The summed E-state index contributed by atoms with van der Waals surface area (Å²) in [6, 6.07) is 1.60. The van der Waals surface area contributed by atoms with Gasteiger partial charge in [-0.2, -0.15) is 0 Å². The largest absolute Gasteiger partial charge is 0.466 e. The number of hydrogen-bond donors (Lipinski definition) is 0. The molecule has 0 unspecified atom stereocenters. The first-order valence-corrected chi connectivity index (χ1v) is 7.82. The number of ether oxygens (including phenoxy) is 1. The first-order valence-electron chi connectivity index (χ1n) is 6.62. The Balaban J connectivity index is 2.11. The summed E-state index contributed by atoms with van der Waals surface area (Å²) >= 11 is 7.18. The van der Waals surface area contributed by atoms with Gasteiger partial charge in [-0.1, -0.05) is 11.6 Å². The molecule has 0 spiro atoms. The van der Waals surface area contributed by atoms with Gasteiger partial charge in [-0.15, -0.1) is 11.3 Å². The number of nitrogens with zero attached hydrogens (tertiary/aromatic N) is 3. The van der Waals surface area contributed by atoms with E-state index >= 15 is 0 Å². The monoisotopic (exact) mass is 341 g/mol. The number of thiazole rings is 1. The predicted molar refractivity (Wildman–Crippen MR) is 85.6 cm³/mol. The van der Waals surface area contributed by atoms with Crippen molar-refractivity contribution in [2.45, 2.75) is 13.3 Å². The Bertz CT molecular complexity index is 695. The van der Waals surface area contributed by atoms with Crippen LogP contribution in [0.4, 0.5) is 5.13 Å². The third-order valence-corrected chi connectivity index (χ3v) is 4.23. The molecule has 6 nitrogen and oxygen atoms in total. The van der Waals surface area contributed by atoms with Crippen LogP contribution in [0.2, 0.25) is 5.02 Å². The van der Waals surface area contributed by atoms with Gasteiger partial charge in [0.15, 0.2) is 5.13 Å². The summed E-state index contributed by atoms with van der Waals surface area (Å²) < 4.78 is 6.55. The number of carbonyl (C=O) groups excluding carboxylic acids is 2. The van der Waals surface area contributed by atoms with Crippen molar-refractivity contribution in [1.82, 2.24) is 9.55 Å². The average molecular weight is 342 g/mol. The van der Waals surface area contributed by atoms with Crippen molar-refractivity contribution >= 4 is 39.9 Å². The number of rotatable bonds is 5. The van der Waals surface area contributed by atoms with E-state index in [4.69, 9.17) is 16.3 Å². The van der Waals surface area contributed by atoms with Gasteiger partial charge in [0.1, 0.15) is 5.69 Å². The lowest BCUT2D eigenvalue weighted by Gasteiger charge is -2.13. The summed E-state index contributed by atoms with van der Waals surface area (Å²) in [6.45, 7) is 2.10. The fourth-order valence-electron chi connectivity index (χ4n) is 1.88. The molecule has 0 radical (unpaired) electrons. The van der Waals surface area contributed by atoms with Crippen LogP contribution in [0.5, 0.6) is 0 Å². The Labute approximate surface area is 137 Å². The van der Waals surface area contributed by atoms with E-state index in [9.17, 15) is 9.59 Å². The summed E-state index contributed by atoms with van der Waals surface area (Å²) in [4.78, 5) is 30.3. The van der Waals surface area contributed by atoms with Crippen LogP contribution in [0, 0.1) is 0 Å². The van der Waals surface area contributed by atoms with Gasteiger partial charge in [-0.05, 0) is 13.0 Å². The quantitative estimate of drug-likeness (QED) is 0.784. The number of halogens is 1.